The molecule has 13 heteroatoms. The topological polar surface area (TPSA) is 110 Å². The number of hydrogen-bond acceptors (Lipinski definition) is 6. The Morgan fingerprint density at radius 3 is 2.23 bits per heavy atom. The number of para-hydroxylation sites is 3. The summed E-state index contributed by atoms with van der Waals surface area (Å²) in [6, 6.07) is 19.8. The van der Waals surface area contributed by atoms with Gasteiger partial charge in [-0.15, -0.1) is 0 Å². The monoisotopic (exact) mass is 600 g/mol. The smallest absolute Gasteiger partial charge is 0.279 e. The second-order valence-corrected chi connectivity index (χ2v) is 10.6. The van der Waals surface area contributed by atoms with Crippen LogP contribution in [0.3, 0.4) is 0 Å². The Balaban J connectivity index is 1.52. The zero-order chi connectivity index (χ0) is 28.4. The van der Waals surface area contributed by atoms with Crippen molar-refractivity contribution in [2.24, 2.45) is 0 Å². The van der Waals surface area contributed by atoms with Gasteiger partial charge in [0.25, 0.3) is 21.8 Å². The van der Waals surface area contributed by atoms with E-state index in [0.29, 0.717) is 11.0 Å². The number of benzene rings is 4. The van der Waals surface area contributed by atoms with E-state index in [1.165, 1.54) is 18.2 Å². The Bertz CT molecular complexity index is 1880. The number of amides is 1. The van der Waals surface area contributed by atoms with Crippen LogP contribution >= 0.6 is 23.2 Å². The summed E-state index contributed by atoms with van der Waals surface area (Å²) in [6.07, 6.45) is 0. The van der Waals surface area contributed by atoms with Crippen molar-refractivity contribution in [3.63, 3.8) is 0 Å². The predicted molar refractivity (Wildman–Crippen MR) is 148 cm³/mol. The Morgan fingerprint density at radius 2 is 1.52 bits per heavy atom. The highest BCUT2D eigenvalue weighted by Crippen LogP contribution is 2.35. The van der Waals surface area contributed by atoms with E-state index in [1.54, 1.807) is 42.5 Å². The number of aromatic nitrogens is 2. The molecule has 0 aliphatic carbocycles. The molecule has 0 radical (unpaired) electrons. The molecule has 5 aromatic rings. The largest absolute Gasteiger partial charge is 0.435 e. The van der Waals surface area contributed by atoms with Crippen molar-refractivity contribution in [2.75, 3.05) is 10.0 Å². The summed E-state index contributed by atoms with van der Waals surface area (Å²) in [6.45, 7) is 0. The van der Waals surface area contributed by atoms with E-state index in [2.05, 4.69) is 20.0 Å². The summed E-state index contributed by atoms with van der Waals surface area (Å²) < 4.78 is 62.2. The van der Waals surface area contributed by atoms with E-state index in [1.807, 2.05) is 0 Å². The average molecular weight is 601 g/mol. The van der Waals surface area contributed by atoms with Crippen LogP contribution in [0.4, 0.5) is 20.2 Å². The fourth-order valence-corrected chi connectivity index (χ4v) is 5.56. The predicted octanol–water partition coefficient (Wildman–Crippen LogP) is 7.06. The van der Waals surface area contributed by atoms with Crippen molar-refractivity contribution >= 4 is 61.5 Å². The summed E-state index contributed by atoms with van der Waals surface area (Å²) >= 11 is 12.4. The molecule has 0 atom stereocenters. The molecule has 40 heavy (non-hydrogen) atoms. The number of carbonyl (C=O) groups excluding carboxylic acids is 1. The number of ether oxygens (including phenoxy) is 1. The molecule has 0 aliphatic heterocycles. The van der Waals surface area contributed by atoms with E-state index in [0.717, 1.165) is 24.3 Å². The lowest BCUT2D eigenvalue weighted by atomic mass is 10.2. The van der Waals surface area contributed by atoms with Crippen molar-refractivity contribution in [1.82, 2.24) is 9.97 Å². The summed E-state index contributed by atoms with van der Waals surface area (Å²) in [5, 5.41) is 1.79. The van der Waals surface area contributed by atoms with Gasteiger partial charge in [-0.25, -0.2) is 27.2 Å². The average Bonchev–Trinajstić information content (AvgIpc) is 2.91. The van der Waals surface area contributed by atoms with E-state index in [4.69, 9.17) is 27.9 Å². The number of rotatable bonds is 7. The lowest BCUT2D eigenvalue weighted by Crippen LogP contribution is -2.19. The van der Waals surface area contributed by atoms with Gasteiger partial charge in [-0.2, -0.15) is 0 Å². The third-order valence-corrected chi connectivity index (χ3v) is 7.69. The minimum absolute atomic E-state index is 0.00174. The summed E-state index contributed by atoms with van der Waals surface area (Å²) in [7, 11) is -4.49. The number of carbonyl (C=O) groups is 1. The highest BCUT2D eigenvalue weighted by Gasteiger charge is 2.27. The Hall–Kier alpha value is -4.32. The lowest BCUT2D eigenvalue weighted by molar-refractivity contribution is 0.101. The first-order valence-corrected chi connectivity index (χ1v) is 13.6. The van der Waals surface area contributed by atoms with Crippen LogP contribution < -0.4 is 14.8 Å². The molecule has 0 fully saturated rings. The summed E-state index contributed by atoms with van der Waals surface area (Å²) in [5.74, 6) is -2.91. The molecule has 1 amide bonds. The van der Waals surface area contributed by atoms with E-state index >= 15 is 0 Å². The molecule has 0 saturated carbocycles. The molecule has 0 aliphatic rings. The van der Waals surface area contributed by atoms with Gasteiger partial charge in [0.15, 0.2) is 5.69 Å². The number of anilines is 2. The highest BCUT2D eigenvalue weighted by atomic mass is 35.5. The fraction of sp³-hybridized carbons (Fsp3) is 0. The standard InChI is InChI=1S/C27H16Cl2F2N4O4S/c28-17-14-15(30)10-13-22(17)39-27-24(32-19-8-4-5-9-20(19)34-27)26(36)33-21-12-11-18(31)25(23(21)29)40(37,38)35-16-6-2-1-3-7-16/h1-14,35H,(H,33,36). The van der Waals surface area contributed by atoms with Crippen molar-refractivity contribution < 1.29 is 26.7 Å². The first-order chi connectivity index (χ1) is 19.1. The molecule has 8 nitrogen and oxygen atoms in total. The normalized spacial score (nSPS) is 11.3. The maximum Gasteiger partial charge on any atom is 0.279 e. The van der Waals surface area contributed by atoms with Crippen LogP contribution in [-0.2, 0) is 10.0 Å². The zero-order valence-corrected chi connectivity index (χ0v) is 22.4. The molecule has 4 aromatic carbocycles. The van der Waals surface area contributed by atoms with E-state index in [-0.39, 0.29) is 33.7 Å². The Morgan fingerprint density at radius 1 is 0.850 bits per heavy atom. The zero-order valence-electron chi connectivity index (χ0n) is 20.0. The Kier molecular flexibility index (Phi) is 7.53. The third kappa shape index (κ3) is 5.67. The fourth-order valence-electron chi connectivity index (χ4n) is 3.63. The van der Waals surface area contributed by atoms with Gasteiger partial charge in [0, 0.05) is 5.69 Å². The maximum atomic E-state index is 14.7. The van der Waals surface area contributed by atoms with Crippen LogP contribution in [0.2, 0.25) is 10.0 Å². The van der Waals surface area contributed by atoms with Crippen molar-refractivity contribution in [3.8, 4) is 11.6 Å². The second-order valence-electron chi connectivity index (χ2n) is 8.21. The minimum Gasteiger partial charge on any atom is -0.435 e. The SMILES string of the molecule is O=C(Nc1ccc(F)c(S(=O)(=O)Nc2ccccc2)c1Cl)c1nc2ccccc2nc1Oc1ccc(F)cc1Cl. The molecular weight excluding hydrogens is 585 g/mol. The molecule has 1 aromatic heterocycles. The minimum atomic E-state index is -4.49. The van der Waals surface area contributed by atoms with Gasteiger partial charge in [0.2, 0.25) is 0 Å². The third-order valence-electron chi connectivity index (χ3n) is 5.45. The number of halogens is 4. The number of nitrogens with zero attached hydrogens (tertiary/aromatic N) is 2. The quantitative estimate of drug-likeness (QED) is 0.207. The number of nitrogens with one attached hydrogen (secondary N) is 2. The lowest BCUT2D eigenvalue weighted by Gasteiger charge is -2.15. The molecular formula is C27H16Cl2F2N4O4S. The van der Waals surface area contributed by atoms with Crippen LogP contribution in [0.15, 0.2) is 89.8 Å². The molecule has 202 valence electrons. The Labute approximate surface area is 236 Å². The molecule has 0 unspecified atom stereocenters. The van der Waals surface area contributed by atoms with Gasteiger partial charge in [-0.3, -0.25) is 9.52 Å². The van der Waals surface area contributed by atoms with Crippen LogP contribution in [-0.4, -0.2) is 24.3 Å². The summed E-state index contributed by atoms with van der Waals surface area (Å²) in [5.41, 5.74) is 0.354. The molecule has 0 bridgehead atoms. The van der Waals surface area contributed by atoms with E-state index in [9.17, 15) is 22.0 Å². The van der Waals surface area contributed by atoms with Crippen LogP contribution in [0.1, 0.15) is 10.5 Å². The van der Waals surface area contributed by atoms with Crippen molar-refractivity contribution in [2.45, 2.75) is 4.90 Å². The molecule has 5 rings (SSSR count). The van der Waals surface area contributed by atoms with Gasteiger partial charge in [0.1, 0.15) is 22.3 Å². The molecule has 0 saturated heterocycles. The summed E-state index contributed by atoms with van der Waals surface area (Å²) in [4.78, 5) is 21.2. The van der Waals surface area contributed by atoms with Crippen molar-refractivity contribution in [1.29, 1.82) is 0 Å². The van der Waals surface area contributed by atoms with Gasteiger partial charge in [0.05, 0.1) is 26.8 Å². The first kappa shape index (κ1) is 27.3. The van der Waals surface area contributed by atoms with Gasteiger partial charge < -0.3 is 10.1 Å². The number of sulfonamides is 1. The second kappa shape index (κ2) is 11.0. The number of hydrogen-bond donors (Lipinski definition) is 2. The number of fused-ring (bicyclic) bond motifs is 1. The van der Waals surface area contributed by atoms with Crippen LogP contribution in [0.5, 0.6) is 11.6 Å². The van der Waals surface area contributed by atoms with Gasteiger partial charge in [-0.05, 0) is 54.6 Å². The van der Waals surface area contributed by atoms with E-state index < -0.39 is 37.5 Å². The highest BCUT2D eigenvalue weighted by molar-refractivity contribution is 7.92. The first-order valence-electron chi connectivity index (χ1n) is 11.4. The maximum absolute atomic E-state index is 14.7. The molecule has 1 heterocycles. The molecule has 2 N–H and O–H groups in total. The van der Waals surface area contributed by atoms with Crippen LogP contribution in [0.25, 0.3) is 11.0 Å². The molecule has 0 spiro atoms. The van der Waals surface area contributed by atoms with Gasteiger partial charge in [-0.1, -0.05) is 53.5 Å². The van der Waals surface area contributed by atoms with Gasteiger partial charge >= 0.3 is 0 Å². The van der Waals surface area contributed by atoms with Crippen LogP contribution in [0, 0.1) is 11.6 Å². The van der Waals surface area contributed by atoms with Crippen molar-refractivity contribution in [3.05, 3.63) is 112 Å².